The maximum atomic E-state index is 12.4. The summed E-state index contributed by atoms with van der Waals surface area (Å²) in [7, 11) is 0. The molecule has 3 rings (SSSR count). The molecular formula is C21H27N3O2S2. The second-order valence-electron chi connectivity index (χ2n) is 6.89. The molecule has 1 fully saturated rings. The molecule has 1 aromatic carbocycles. The first-order chi connectivity index (χ1) is 13.5. The minimum absolute atomic E-state index is 0.290. The van der Waals surface area contributed by atoms with Crippen LogP contribution in [0, 0.1) is 13.8 Å². The molecule has 0 spiro atoms. The summed E-state index contributed by atoms with van der Waals surface area (Å²) in [6, 6.07) is 10.5. The number of nitrogens with zero attached hydrogens (tertiary/aromatic N) is 2. The number of hydrogen-bond acceptors (Lipinski definition) is 5. The lowest BCUT2D eigenvalue weighted by atomic mass is 10.1. The van der Waals surface area contributed by atoms with Crippen LogP contribution in [-0.4, -0.2) is 53.7 Å². The number of esters is 1. The highest BCUT2D eigenvalue weighted by Crippen LogP contribution is 2.33. The topological polar surface area (TPSA) is 44.8 Å². The van der Waals surface area contributed by atoms with E-state index < -0.39 is 0 Å². The quantitative estimate of drug-likeness (QED) is 0.585. The van der Waals surface area contributed by atoms with Gasteiger partial charge in [-0.3, -0.25) is 4.90 Å². The molecule has 150 valence electrons. The largest absolute Gasteiger partial charge is 0.462 e. The van der Waals surface area contributed by atoms with Crippen molar-refractivity contribution in [3.63, 3.8) is 0 Å². The first kappa shape index (κ1) is 20.8. The highest BCUT2D eigenvalue weighted by molar-refractivity contribution is 7.80. The molecule has 1 N–H and O–H groups in total. The fraction of sp³-hybridized carbons (Fsp3) is 0.429. The van der Waals surface area contributed by atoms with Crippen LogP contribution in [0.25, 0.3) is 0 Å². The van der Waals surface area contributed by atoms with E-state index in [-0.39, 0.29) is 5.97 Å². The van der Waals surface area contributed by atoms with Crippen molar-refractivity contribution in [2.75, 3.05) is 38.1 Å². The van der Waals surface area contributed by atoms with E-state index in [1.165, 1.54) is 5.56 Å². The zero-order chi connectivity index (χ0) is 20.1. The van der Waals surface area contributed by atoms with Crippen molar-refractivity contribution < 1.29 is 9.53 Å². The molecular weight excluding hydrogens is 390 g/mol. The first-order valence-corrected chi connectivity index (χ1v) is 10.8. The molecule has 7 heteroatoms. The van der Waals surface area contributed by atoms with E-state index in [4.69, 9.17) is 17.0 Å². The standard InChI is InChI=1S/C21H27N3O2S2/c1-4-26-20(25)18-15(2)16(3)28-19(18)22-21(27)24-12-10-23(11-13-24)14-17-8-6-5-7-9-17/h5-9H,4,10-14H2,1-3H3,(H,22,27). The molecule has 1 saturated heterocycles. The summed E-state index contributed by atoms with van der Waals surface area (Å²) in [6.45, 7) is 10.8. The fourth-order valence-corrected chi connectivity index (χ4v) is 4.69. The van der Waals surface area contributed by atoms with Crippen LogP contribution < -0.4 is 5.32 Å². The van der Waals surface area contributed by atoms with Gasteiger partial charge in [0.25, 0.3) is 0 Å². The SMILES string of the molecule is CCOC(=O)c1c(NC(=S)N2CCN(Cc3ccccc3)CC2)sc(C)c1C. The number of rotatable bonds is 5. The smallest absolute Gasteiger partial charge is 0.341 e. The Bertz CT molecular complexity index is 828. The lowest BCUT2D eigenvalue weighted by molar-refractivity contribution is 0.0527. The predicted octanol–water partition coefficient (Wildman–Crippen LogP) is 4.06. The second kappa shape index (κ2) is 9.49. The monoisotopic (exact) mass is 417 g/mol. The summed E-state index contributed by atoms with van der Waals surface area (Å²) >= 11 is 7.19. The molecule has 0 bridgehead atoms. The van der Waals surface area contributed by atoms with E-state index in [1.807, 2.05) is 26.8 Å². The number of benzene rings is 1. The minimum Gasteiger partial charge on any atom is -0.462 e. The van der Waals surface area contributed by atoms with E-state index in [2.05, 4.69) is 39.4 Å². The van der Waals surface area contributed by atoms with Gasteiger partial charge in [-0.15, -0.1) is 11.3 Å². The Labute approximate surface area is 176 Å². The minimum atomic E-state index is -0.290. The molecule has 2 heterocycles. The number of thiophene rings is 1. The number of anilines is 1. The van der Waals surface area contributed by atoms with E-state index in [9.17, 15) is 4.79 Å². The summed E-state index contributed by atoms with van der Waals surface area (Å²) in [4.78, 5) is 18.1. The van der Waals surface area contributed by atoms with Gasteiger partial charge in [0.2, 0.25) is 0 Å². The number of ether oxygens (including phenoxy) is 1. The molecule has 0 radical (unpaired) electrons. The molecule has 0 saturated carbocycles. The molecule has 1 aromatic heterocycles. The van der Waals surface area contributed by atoms with Crippen molar-refractivity contribution in [2.24, 2.45) is 0 Å². The third-order valence-electron chi connectivity index (χ3n) is 4.99. The number of carbonyl (C=O) groups excluding carboxylic acids is 1. The summed E-state index contributed by atoms with van der Waals surface area (Å²) < 4.78 is 5.22. The van der Waals surface area contributed by atoms with Crippen molar-refractivity contribution in [1.29, 1.82) is 0 Å². The van der Waals surface area contributed by atoms with E-state index in [0.717, 1.165) is 48.2 Å². The molecule has 28 heavy (non-hydrogen) atoms. The van der Waals surface area contributed by atoms with Crippen LogP contribution in [0.1, 0.15) is 33.3 Å². The van der Waals surface area contributed by atoms with Crippen LogP contribution in [0.4, 0.5) is 5.00 Å². The fourth-order valence-electron chi connectivity index (χ4n) is 3.29. The van der Waals surface area contributed by atoms with Gasteiger partial charge in [0.1, 0.15) is 5.00 Å². The molecule has 0 unspecified atom stereocenters. The Balaban J connectivity index is 1.59. The first-order valence-electron chi connectivity index (χ1n) is 9.59. The third kappa shape index (κ3) is 4.90. The average Bonchev–Trinajstić information content (AvgIpc) is 2.96. The Kier molecular flexibility index (Phi) is 7.04. The Hall–Kier alpha value is -1.96. The lowest BCUT2D eigenvalue weighted by Gasteiger charge is -2.36. The number of thiocarbonyl (C=S) groups is 1. The van der Waals surface area contributed by atoms with Gasteiger partial charge in [-0.1, -0.05) is 30.3 Å². The van der Waals surface area contributed by atoms with Gasteiger partial charge in [-0.2, -0.15) is 0 Å². The second-order valence-corrected chi connectivity index (χ2v) is 8.50. The highest BCUT2D eigenvalue weighted by atomic mass is 32.1. The number of carbonyl (C=O) groups is 1. The van der Waals surface area contributed by atoms with Gasteiger partial charge in [0, 0.05) is 37.6 Å². The Morgan fingerprint density at radius 2 is 1.86 bits per heavy atom. The van der Waals surface area contributed by atoms with Crippen LogP contribution in [0.2, 0.25) is 0 Å². The zero-order valence-electron chi connectivity index (χ0n) is 16.7. The van der Waals surface area contributed by atoms with Gasteiger partial charge in [-0.25, -0.2) is 4.79 Å². The predicted molar refractivity (Wildman–Crippen MR) is 119 cm³/mol. The summed E-state index contributed by atoms with van der Waals surface area (Å²) in [5, 5.41) is 4.76. The Morgan fingerprint density at radius 1 is 1.18 bits per heavy atom. The molecule has 5 nitrogen and oxygen atoms in total. The average molecular weight is 418 g/mol. The van der Waals surface area contributed by atoms with Gasteiger partial charge < -0.3 is 15.0 Å². The summed E-state index contributed by atoms with van der Waals surface area (Å²) in [5.41, 5.74) is 2.90. The maximum Gasteiger partial charge on any atom is 0.341 e. The van der Waals surface area contributed by atoms with Crippen LogP contribution in [0.15, 0.2) is 30.3 Å². The van der Waals surface area contributed by atoms with Crippen molar-refractivity contribution in [2.45, 2.75) is 27.3 Å². The third-order valence-corrected chi connectivity index (χ3v) is 6.48. The summed E-state index contributed by atoms with van der Waals surface area (Å²) in [5.74, 6) is -0.290. The lowest BCUT2D eigenvalue weighted by Crippen LogP contribution is -2.49. The number of piperazine rings is 1. The number of hydrogen-bond donors (Lipinski definition) is 1. The van der Waals surface area contributed by atoms with Crippen molar-refractivity contribution >= 4 is 39.6 Å². The normalized spacial score (nSPS) is 14.8. The molecule has 1 aliphatic heterocycles. The van der Waals surface area contributed by atoms with Gasteiger partial charge in [0.15, 0.2) is 5.11 Å². The van der Waals surface area contributed by atoms with Gasteiger partial charge >= 0.3 is 5.97 Å². The number of aryl methyl sites for hydroxylation is 1. The van der Waals surface area contributed by atoms with Gasteiger partial charge in [-0.05, 0) is 44.1 Å². The summed E-state index contributed by atoms with van der Waals surface area (Å²) in [6.07, 6.45) is 0. The van der Waals surface area contributed by atoms with Crippen molar-refractivity contribution in [1.82, 2.24) is 9.80 Å². The Morgan fingerprint density at radius 3 is 2.50 bits per heavy atom. The molecule has 0 aliphatic carbocycles. The molecule has 0 atom stereocenters. The van der Waals surface area contributed by atoms with E-state index in [1.54, 1.807) is 11.3 Å². The van der Waals surface area contributed by atoms with Crippen LogP contribution in [0.3, 0.4) is 0 Å². The maximum absolute atomic E-state index is 12.4. The number of nitrogens with one attached hydrogen (secondary N) is 1. The van der Waals surface area contributed by atoms with Crippen LogP contribution >= 0.6 is 23.6 Å². The van der Waals surface area contributed by atoms with Crippen molar-refractivity contribution in [3.8, 4) is 0 Å². The van der Waals surface area contributed by atoms with Gasteiger partial charge in [0.05, 0.1) is 12.2 Å². The van der Waals surface area contributed by atoms with E-state index in [0.29, 0.717) is 17.3 Å². The molecule has 2 aromatic rings. The zero-order valence-corrected chi connectivity index (χ0v) is 18.3. The van der Waals surface area contributed by atoms with Crippen LogP contribution in [0.5, 0.6) is 0 Å². The highest BCUT2D eigenvalue weighted by Gasteiger charge is 2.24. The van der Waals surface area contributed by atoms with Crippen LogP contribution in [-0.2, 0) is 11.3 Å². The molecule has 1 aliphatic rings. The van der Waals surface area contributed by atoms with Crippen molar-refractivity contribution in [3.05, 3.63) is 51.9 Å². The van der Waals surface area contributed by atoms with E-state index >= 15 is 0 Å². The molecule has 0 amide bonds.